The molecule has 1 N–H and O–H groups in total. The molecule has 0 aliphatic heterocycles. The topological polar surface area (TPSA) is 67.9 Å². The summed E-state index contributed by atoms with van der Waals surface area (Å²) in [5, 5.41) is 2.75. The Hall–Kier alpha value is -2.08. The van der Waals surface area contributed by atoms with Crippen LogP contribution in [0, 0.1) is 0 Å². The van der Waals surface area contributed by atoms with E-state index in [2.05, 4.69) is 5.32 Å². The average Bonchev–Trinajstić information content (AvgIpc) is 2.52. The van der Waals surface area contributed by atoms with E-state index in [1.807, 2.05) is 24.3 Å². The molecular weight excluding hydrogens is 284 g/mol. The van der Waals surface area contributed by atoms with Crippen LogP contribution in [-0.4, -0.2) is 57.7 Å². The molecule has 0 radical (unpaired) electrons. The van der Waals surface area contributed by atoms with Gasteiger partial charge in [-0.15, -0.1) is 0 Å². The molecule has 0 spiro atoms. The molecule has 0 bridgehead atoms. The van der Waals surface area contributed by atoms with Crippen LogP contribution in [0.15, 0.2) is 24.3 Å². The number of benzene rings is 1. The number of ether oxygens (including phenoxy) is 2. The van der Waals surface area contributed by atoms with E-state index in [4.69, 9.17) is 9.47 Å². The van der Waals surface area contributed by atoms with Crippen molar-refractivity contribution in [3.63, 3.8) is 0 Å². The van der Waals surface area contributed by atoms with Crippen molar-refractivity contribution in [3.8, 4) is 5.75 Å². The van der Waals surface area contributed by atoms with Crippen LogP contribution in [-0.2, 0) is 20.7 Å². The van der Waals surface area contributed by atoms with Crippen molar-refractivity contribution in [1.29, 1.82) is 0 Å². The van der Waals surface area contributed by atoms with Gasteiger partial charge in [-0.1, -0.05) is 18.2 Å². The first-order valence-corrected chi connectivity index (χ1v) is 7.20. The van der Waals surface area contributed by atoms with Crippen molar-refractivity contribution in [2.45, 2.75) is 12.8 Å². The van der Waals surface area contributed by atoms with Crippen LogP contribution >= 0.6 is 0 Å². The molecule has 1 aromatic carbocycles. The highest BCUT2D eigenvalue weighted by atomic mass is 16.5. The van der Waals surface area contributed by atoms with Gasteiger partial charge in [-0.2, -0.15) is 0 Å². The first kappa shape index (κ1) is 18.0. The maximum atomic E-state index is 12.2. The van der Waals surface area contributed by atoms with Crippen molar-refractivity contribution < 1.29 is 19.1 Å². The average molecular weight is 308 g/mol. The normalized spacial score (nSPS) is 10.1. The Morgan fingerprint density at radius 2 is 1.95 bits per heavy atom. The Kier molecular flexibility index (Phi) is 7.99. The van der Waals surface area contributed by atoms with E-state index >= 15 is 0 Å². The molecule has 1 rings (SSSR count). The lowest BCUT2D eigenvalue weighted by Gasteiger charge is -2.17. The highest BCUT2D eigenvalue weighted by Gasteiger charge is 2.15. The molecule has 0 aromatic heterocycles. The van der Waals surface area contributed by atoms with Crippen molar-refractivity contribution in [3.05, 3.63) is 29.8 Å². The van der Waals surface area contributed by atoms with Gasteiger partial charge in [-0.05, 0) is 12.5 Å². The minimum absolute atomic E-state index is 0.0426. The van der Waals surface area contributed by atoms with Gasteiger partial charge in [0.25, 0.3) is 0 Å². The Bertz CT molecular complexity index is 491. The van der Waals surface area contributed by atoms with Crippen LogP contribution in [0.3, 0.4) is 0 Å². The minimum Gasteiger partial charge on any atom is -0.496 e. The fourth-order valence-corrected chi connectivity index (χ4v) is 1.95. The molecule has 0 saturated heterocycles. The van der Waals surface area contributed by atoms with E-state index in [0.717, 1.165) is 12.0 Å². The Morgan fingerprint density at radius 1 is 1.23 bits per heavy atom. The van der Waals surface area contributed by atoms with E-state index in [1.54, 1.807) is 21.3 Å². The number of nitrogens with zero attached hydrogens (tertiary/aromatic N) is 1. The molecule has 0 aliphatic rings. The standard InChI is InChI=1S/C16H24N2O4/c1-18(12-15(19)17-9-6-10-21-2)16(20)11-13-7-4-5-8-14(13)22-3/h4-5,7-8H,6,9-12H2,1-3H3,(H,17,19). The van der Waals surface area contributed by atoms with Crippen LogP contribution in [0.25, 0.3) is 0 Å². The number of hydrogen-bond acceptors (Lipinski definition) is 4. The van der Waals surface area contributed by atoms with Gasteiger partial charge >= 0.3 is 0 Å². The summed E-state index contributed by atoms with van der Waals surface area (Å²) in [6, 6.07) is 7.36. The summed E-state index contributed by atoms with van der Waals surface area (Å²) < 4.78 is 10.1. The van der Waals surface area contributed by atoms with Gasteiger partial charge in [0.2, 0.25) is 11.8 Å². The third-order valence-corrected chi connectivity index (χ3v) is 3.19. The maximum Gasteiger partial charge on any atom is 0.239 e. The van der Waals surface area contributed by atoms with Crippen molar-refractivity contribution >= 4 is 11.8 Å². The van der Waals surface area contributed by atoms with E-state index in [-0.39, 0.29) is 24.8 Å². The number of carbonyl (C=O) groups is 2. The molecule has 0 saturated carbocycles. The SMILES string of the molecule is COCCCNC(=O)CN(C)C(=O)Cc1ccccc1OC. The second-order valence-corrected chi connectivity index (χ2v) is 4.93. The molecule has 2 amide bonds. The molecule has 122 valence electrons. The molecule has 0 aliphatic carbocycles. The predicted octanol–water partition coefficient (Wildman–Crippen LogP) is 0.849. The monoisotopic (exact) mass is 308 g/mol. The number of carbonyl (C=O) groups excluding carboxylic acids is 2. The highest BCUT2D eigenvalue weighted by Crippen LogP contribution is 2.18. The summed E-state index contributed by atoms with van der Waals surface area (Å²) in [5.74, 6) is 0.372. The lowest BCUT2D eigenvalue weighted by atomic mass is 10.1. The lowest BCUT2D eigenvalue weighted by Crippen LogP contribution is -2.39. The number of methoxy groups -OCH3 is 2. The first-order valence-electron chi connectivity index (χ1n) is 7.20. The number of amides is 2. The Labute approximate surface area is 131 Å². The molecule has 1 aromatic rings. The second-order valence-electron chi connectivity index (χ2n) is 4.93. The number of rotatable bonds is 9. The second kappa shape index (κ2) is 9.78. The molecule has 6 heteroatoms. The Morgan fingerprint density at radius 3 is 2.64 bits per heavy atom. The quantitative estimate of drug-likeness (QED) is 0.687. The molecule has 6 nitrogen and oxygen atoms in total. The number of hydrogen-bond donors (Lipinski definition) is 1. The van der Waals surface area contributed by atoms with Crippen molar-refractivity contribution in [2.75, 3.05) is 41.0 Å². The van der Waals surface area contributed by atoms with Crippen LogP contribution in [0.2, 0.25) is 0 Å². The Balaban J connectivity index is 2.43. The van der Waals surface area contributed by atoms with Crippen LogP contribution in [0.1, 0.15) is 12.0 Å². The van der Waals surface area contributed by atoms with Gasteiger partial charge in [-0.3, -0.25) is 9.59 Å². The van der Waals surface area contributed by atoms with Crippen LogP contribution in [0.5, 0.6) is 5.75 Å². The third kappa shape index (κ3) is 6.13. The first-order chi connectivity index (χ1) is 10.6. The van der Waals surface area contributed by atoms with Gasteiger partial charge < -0.3 is 19.7 Å². The van der Waals surface area contributed by atoms with Gasteiger partial charge in [0.1, 0.15) is 5.75 Å². The van der Waals surface area contributed by atoms with E-state index in [1.165, 1.54) is 4.90 Å². The largest absolute Gasteiger partial charge is 0.496 e. The zero-order chi connectivity index (χ0) is 16.4. The maximum absolute atomic E-state index is 12.2. The van der Waals surface area contributed by atoms with Gasteiger partial charge in [0.15, 0.2) is 0 Å². The van der Waals surface area contributed by atoms with E-state index < -0.39 is 0 Å². The summed E-state index contributed by atoms with van der Waals surface area (Å²) in [5.41, 5.74) is 0.808. The van der Waals surface area contributed by atoms with Gasteiger partial charge in [0, 0.05) is 32.9 Å². The smallest absolute Gasteiger partial charge is 0.239 e. The zero-order valence-corrected chi connectivity index (χ0v) is 13.4. The van der Waals surface area contributed by atoms with E-state index in [0.29, 0.717) is 18.9 Å². The van der Waals surface area contributed by atoms with Gasteiger partial charge in [0.05, 0.1) is 20.1 Å². The van der Waals surface area contributed by atoms with Crippen LogP contribution < -0.4 is 10.1 Å². The molecule has 0 atom stereocenters. The summed E-state index contributed by atoms with van der Waals surface area (Å²) >= 11 is 0. The summed E-state index contributed by atoms with van der Waals surface area (Å²) in [7, 11) is 4.80. The van der Waals surface area contributed by atoms with E-state index in [9.17, 15) is 9.59 Å². The van der Waals surface area contributed by atoms with Crippen molar-refractivity contribution in [2.24, 2.45) is 0 Å². The molecule has 0 heterocycles. The summed E-state index contributed by atoms with van der Waals surface area (Å²) in [4.78, 5) is 25.3. The number of para-hydroxylation sites is 1. The molecule has 0 fully saturated rings. The minimum atomic E-state index is -0.174. The van der Waals surface area contributed by atoms with Gasteiger partial charge in [-0.25, -0.2) is 0 Å². The number of likely N-dealkylation sites (N-methyl/N-ethyl adjacent to an activating group) is 1. The summed E-state index contributed by atoms with van der Waals surface area (Å²) in [6.45, 7) is 1.19. The molecule has 0 unspecified atom stereocenters. The molecule has 22 heavy (non-hydrogen) atoms. The lowest BCUT2D eigenvalue weighted by molar-refractivity contribution is -0.134. The molecular formula is C16H24N2O4. The zero-order valence-electron chi connectivity index (χ0n) is 13.4. The fourth-order valence-electron chi connectivity index (χ4n) is 1.95. The third-order valence-electron chi connectivity index (χ3n) is 3.19. The van der Waals surface area contributed by atoms with Crippen LogP contribution in [0.4, 0.5) is 0 Å². The predicted molar refractivity (Wildman–Crippen MR) is 83.8 cm³/mol. The van der Waals surface area contributed by atoms with Crippen molar-refractivity contribution in [1.82, 2.24) is 10.2 Å². The fraction of sp³-hybridized carbons (Fsp3) is 0.500. The summed E-state index contributed by atoms with van der Waals surface area (Å²) in [6.07, 6.45) is 0.957. The number of nitrogens with one attached hydrogen (secondary N) is 1. The highest BCUT2D eigenvalue weighted by molar-refractivity contribution is 5.85.